The number of carbonyl (C=O) groups excluding carboxylic acids is 2. The molecule has 1 aromatic rings. The molecule has 0 saturated carbocycles. The molecule has 2 aliphatic heterocycles. The smallest absolute Gasteiger partial charge is 0.226 e. The lowest BCUT2D eigenvalue weighted by atomic mass is 9.93. The molecule has 1 aromatic carbocycles. The second-order valence-corrected chi connectivity index (χ2v) is 7.17. The van der Waals surface area contributed by atoms with Gasteiger partial charge in [0, 0.05) is 32.5 Å². The number of carbonyl (C=O) groups is 2. The van der Waals surface area contributed by atoms with E-state index in [2.05, 4.69) is 12.1 Å². The highest BCUT2D eigenvalue weighted by Crippen LogP contribution is 2.33. The zero-order valence-corrected chi connectivity index (χ0v) is 15.2. The van der Waals surface area contributed by atoms with Crippen molar-refractivity contribution >= 4 is 11.8 Å². The first-order chi connectivity index (χ1) is 12.1. The van der Waals surface area contributed by atoms with Gasteiger partial charge in [0.05, 0.1) is 13.2 Å². The van der Waals surface area contributed by atoms with Gasteiger partial charge in [-0.15, -0.1) is 0 Å². The maximum Gasteiger partial charge on any atom is 0.226 e. The molecule has 3 rings (SSSR count). The minimum atomic E-state index is -0.164. The van der Waals surface area contributed by atoms with Crippen molar-refractivity contribution in [2.45, 2.75) is 44.6 Å². The molecular formula is C20H28N2O3. The van der Waals surface area contributed by atoms with E-state index >= 15 is 0 Å². The molecular weight excluding hydrogens is 316 g/mol. The van der Waals surface area contributed by atoms with Crippen LogP contribution < -0.4 is 4.74 Å². The van der Waals surface area contributed by atoms with Crippen LogP contribution in [-0.4, -0.2) is 48.9 Å². The number of rotatable bonds is 3. The van der Waals surface area contributed by atoms with E-state index in [0.29, 0.717) is 13.0 Å². The van der Waals surface area contributed by atoms with Crippen molar-refractivity contribution < 1.29 is 14.3 Å². The normalized spacial score (nSPS) is 24.8. The predicted octanol–water partition coefficient (Wildman–Crippen LogP) is 3.01. The van der Waals surface area contributed by atoms with Gasteiger partial charge in [0.15, 0.2) is 0 Å². The van der Waals surface area contributed by atoms with Gasteiger partial charge in [-0.2, -0.15) is 0 Å². The van der Waals surface area contributed by atoms with E-state index in [0.717, 1.165) is 50.0 Å². The monoisotopic (exact) mass is 344 g/mol. The van der Waals surface area contributed by atoms with Gasteiger partial charge in [0.2, 0.25) is 11.8 Å². The van der Waals surface area contributed by atoms with E-state index in [-0.39, 0.29) is 23.8 Å². The summed E-state index contributed by atoms with van der Waals surface area (Å²) in [6.45, 7) is 1.46. The molecule has 2 fully saturated rings. The maximum absolute atomic E-state index is 13.2. The standard InChI is InChI=1S/C20H28N2O3/c1-21-13-11-16(14-19(21)23)20(24)22-12-5-3-4-6-18(22)15-7-9-17(25-2)10-8-15/h7-10,16,18H,3-6,11-14H2,1-2H3/t16-,18-/m1/s1. The number of ether oxygens (including phenoxy) is 1. The lowest BCUT2D eigenvalue weighted by Gasteiger charge is -2.36. The fourth-order valence-corrected chi connectivity index (χ4v) is 3.93. The predicted molar refractivity (Wildman–Crippen MR) is 96.3 cm³/mol. The van der Waals surface area contributed by atoms with Crippen molar-refractivity contribution in [1.82, 2.24) is 9.80 Å². The minimum absolute atomic E-state index is 0.0837. The van der Waals surface area contributed by atoms with E-state index in [1.165, 1.54) is 0 Å². The summed E-state index contributed by atoms with van der Waals surface area (Å²) in [5.74, 6) is 0.906. The summed E-state index contributed by atoms with van der Waals surface area (Å²) in [5.41, 5.74) is 1.16. The van der Waals surface area contributed by atoms with Crippen molar-refractivity contribution in [3.8, 4) is 5.75 Å². The first-order valence-electron chi connectivity index (χ1n) is 9.28. The molecule has 2 heterocycles. The van der Waals surface area contributed by atoms with Gasteiger partial charge in [-0.25, -0.2) is 0 Å². The number of hydrogen-bond donors (Lipinski definition) is 0. The zero-order valence-electron chi connectivity index (χ0n) is 15.2. The second-order valence-electron chi connectivity index (χ2n) is 7.17. The van der Waals surface area contributed by atoms with Crippen LogP contribution in [-0.2, 0) is 9.59 Å². The number of piperidine rings is 1. The molecule has 0 bridgehead atoms. The Balaban J connectivity index is 1.79. The summed E-state index contributed by atoms with van der Waals surface area (Å²) in [6, 6.07) is 8.16. The zero-order chi connectivity index (χ0) is 17.8. The van der Waals surface area contributed by atoms with Gasteiger partial charge in [0.25, 0.3) is 0 Å². The molecule has 25 heavy (non-hydrogen) atoms. The second kappa shape index (κ2) is 7.89. The molecule has 2 saturated heterocycles. The van der Waals surface area contributed by atoms with E-state index in [1.54, 1.807) is 12.0 Å². The van der Waals surface area contributed by atoms with Crippen molar-refractivity contribution in [3.05, 3.63) is 29.8 Å². The largest absolute Gasteiger partial charge is 0.497 e. The van der Waals surface area contributed by atoms with Crippen molar-refractivity contribution in [2.75, 3.05) is 27.2 Å². The van der Waals surface area contributed by atoms with Crippen LogP contribution in [0.3, 0.4) is 0 Å². The molecule has 0 spiro atoms. The average Bonchev–Trinajstić information content (AvgIpc) is 2.89. The highest BCUT2D eigenvalue weighted by Gasteiger charge is 2.35. The molecule has 0 radical (unpaired) electrons. The topological polar surface area (TPSA) is 49.9 Å². The Morgan fingerprint density at radius 3 is 2.52 bits per heavy atom. The molecule has 0 N–H and O–H groups in total. The summed E-state index contributed by atoms with van der Waals surface area (Å²) in [6.07, 6.45) is 5.43. The van der Waals surface area contributed by atoms with Gasteiger partial charge >= 0.3 is 0 Å². The third-order valence-electron chi connectivity index (χ3n) is 5.55. The van der Waals surface area contributed by atoms with Gasteiger partial charge in [-0.1, -0.05) is 25.0 Å². The van der Waals surface area contributed by atoms with Crippen LogP contribution in [0.4, 0.5) is 0 Å². The van der Waals surface area contributed by atoms with Gasteiger partial charge < -0.3 is 14.5 Å². The summed E-state index contributed by atoms with van der Waals surface area (Å²) < 4.78 is 5.25. The summed E-state index contributed by atoms with van der Waals surface area (Å²) in [5, 5.41) is 0. The highest BCUT2D eigenvalue weighted by molar-refractivity contribution is 5.87. The number of nitrogens with zero attached hydrogens (tertiary/aromatic N) is 2. The lowest BCUT2D eigenvalue weighted by molar-refractivity contribution is -0.146. The number of amides is 2. The van der Waals surface area contributed by atoms with Crippen molar-refractivity contribution in [3.63, 3.8) is 0 Å². The van der Waals surface area contributed by atoms with Gasteiger partial charge in [-0.05, 0) is 37.0 Å². The molecule has 136 valence electrons. The molecule has 5 heteroatoms. The van der Waals surface area contributed by atoms with Crippen molar-refractivity contribution in [2.24, 2.45) is 5.92 Å². The third-order valence-corrected chi connectivity index (χ3v) is 5.55. The SMILES string of the molecule is COc1ccc([C@H]2CCCCCN2C(=O)[C@@H]2CCN(C)C(=O)C2)cc1. The first kappa shape index (κ1) is 17.8. The molecule has 2 amide bonds. The number of methoxy groups -OCH3 is 1. The fraction of sp³-hybridized carbons (Fsp3) is 0.600. The van der Waals surface area contributed by atoms with Gasteiger partial charge in [0.1, 0.15) is 5.75 Å². The van der Waals surface area contributed by atoms with E-state index < -0.39 is 0 Å². The van der Waals surface area contributed by atoms with Crippen molar-refractivity contribution in [1.29, 1.82) is 0 Å². The Morgan fingerprint density at radius 2 is 1.84 bits per heavy atom. The Hall–Kier alpha value is -2.04. The highest BCUT2D eigenvalue weighted by atomic mass is 16.5. The Morgan fingerprint density at radius 1 is 1.08 bits per heavy atom. The summed E-state index contributed by atoms with van der Waals surface area (Å²) in [4.78, 5) is 29.0. The summed E-state index contributed by atoms with van der Waals surface area (Å²) in [7, 11) is 3.47. The van der Waals surface area contributed by atoms with Crippen LogP contribution in [0.2, 0.25) is 0 Å². The van der Waals surface area contributed by atoms with Crippen LogP contribution in [0.15, 0.2) is 24.3 Å². The van der Waals surface area contributed by atoms with E-state index in [4.69, 9.17) is 4.74 Å². The van der Waals surface area contributed by atoms with E-state index in [1.807, 2.05) is 24.1 Å². The van der Waals surface area contributed by atoms with Crippen LogP contribution in [0.25, 0.3) is 0 Å². The average molecular weight is 344 g/mol. The minimum Gasteiger partial charge on any atom is -0.497 e. The molecule has 0 aliphatic carbocycles. The lowest BCUT2D eigenvalue weighted by Crippen LogP contribution is -2.45. The Labute approximate surface area is 149 Å². The molecule has 5 nitrogen and oxygen atoms in total. The Bertz CT molecular complexity index is 614. The van der Waals surface area contributed by atoms with Gasteiger partial charge in [-0.3, -0.25) is 9.59 Å². The number of likely N-dealkylation sites (tertiary alicyclic amines) is 2. The van der Waals surface area contributed by atoms with Crippen LogP contribution in [0.1, 0.15) is 50.1 Å². The van der Waals surface area contributed by atoms with Crippen LogP contribution >= 0.6 is 0 Å². The summed E-state index contributed by atoms with van der Waals surface area (Å²) >= 11 is 0. The number of hydrogen-bond acceptors (Lipinski definition) is 3. The fourth-order valence-electron chi connectivity index (χ4n) is 3.93. The Kier molecular flexibility index (Phi) is 5.61. The molecule has 0 aromatic heterocycles. The van der Waals surface area contributed by atoms with Crippen LogP contribution in [0, 0.1) is 5.92 Å². The quantitative estimate of drug-likeness (QED) is 0.847. The first-order valence-corrected chi connectivity index (χ1v) is 9.28. The molecule has 0 unspecified atom stereocenters. The number of benzene rings is 1. The third kappa shape index (κ3) is 3.97. The van der Waals surface area contributed by atoms with E-state index in [9.17, 15) is 9.59 Å². The maximum atomic E-state index is 13.2. The van der Waals surface area contributed by atoms with Crippen LogP contribution in [0.5, 0.6) is 5.75 Å². The molecule has 2 atom stereocenters. The molecule has 2 aliphatic rings.